The van der Waals surface area contributed by atoms with Crippen LogP contribution in [0.3, 0.4) is 0 Å². The fourth-order valence-corrected chi connectivity index (χ4v) is 4.10. The van der Waals surface area contributed by atoms with Crippen molar-refractivity contribution in [3.8, 4) is 11.5 Å². The lowest BCUT2D eigenvalue weighted by Gasteiger charge is -2.27. The van der Waals surface area contributed by atoms with Crippen LogP contribution in [0.2, 0.25) is 5.02 Å². The van der Waals surface area contributed by atoms with Crippen LogP contribution < -0.4 is 15.0 Å². The van der Waals surface area contributed by atoms with E-state index >= 15 is 0 Å². The molecular weight excluding hydrogens is 543 g/mol. The van der Waals surface area contributed by atoms with E-state index in [2.05, 4.69) is 5.32 Å². The Hall–Kier alpha value is -4.71. The van der Waals surface area contributed by atoms with Crippen LogP contribution in [0.15, 0.2) is 60.2 Å². The number of barbiturate groups is 1. The summed E-state index contributed by atoms with van der Waals surface area (Å²) in [4.78, 5) is 49.2. The second kappa shape index (κ2) is 10.2. The molecule has 1 saturated heterocycles. The molecule has 1 N–H and O–H groups in total. The number of carbonyl (C=O) groups is 3. The summed E-state index contributed by atoms with van der Waals surface area (Å²) in [6.45, 7) is 3.57. The molecule has 4 rings (SSSR count). The first-order valence-corrected chi connectivity index (χ1v) is 11.4. The van der Waals surface area contributed by atoms with Crippen LogP contribution >= 0.6 is 11.6 Å². The average Bonchev–Trinajstić information content (AvgIpc) is 2.82. The van der Waals surface area contributed by atoms with E-state index < -0.39 is 45.9 Å². The number of ether oxygens (including phenoxy) is 1. The Morgan fingerprint density at radius 2 is 1.62 bits per heavy atom. The molecule has 0 unspecified atom stereocenters. The van der Waals surface area contributed by atoms with Crippen molar-refractivity contribution in [3.05, 3.63) is 97.6 Å². The molecule has 3 aromatic carbocycles. The Bertz CT molecular complexity index is 1570. The molecule has 0 spiro atoms. The van der Waals surface area contributed by atoms with Crippen LogP contribution in [0.5, 0.6) is 11.5 Å². The molecule has 3 aromatic rings. The van der Waals surface area contributed by atoms with Crippen LogP contribution in [0.4, 0.5) is 29.3 Å². The fraction of sp³-hybridized carbons (Fsp3) is 0.115. The summed E-state index contributed by atoms with van der Waals surface area (Å²) in [5.74, 6) is -2.41. The Morgan fingerprint density at radius 1 is 0.974 bits per heavy atom. The molecule has 0 atom stereocenters. The molecule has 1 aliphatic rings. The number of amides is 4. The highest BCUT2D eigenvalue weighted by Crippen LogP contribution is 2.39. The molecule has 0 saturated carbocycles. The molecular formula is C26H17ClF3N3O6. The predicted molar refractivity (Wildman–Crippen MR) is 135 cm³/mol. The average molecular weight is 560 g/mol. The van der Waals surface area contributed by atoms with Gasteiger partial charge >= 0.3 is 17.9 Å². The molecule has 13 heteroatoms. The minimum atomic E-state index is -4.79. The van der Waals surface area contributed by atoms with E-state index in [4.69, 9.17) is 16.3 Å². The van der Waals surface area contributed by atoms with Crippen molar-refractivity contribution in [1.29, 1.82) is 0 Å². The number of hydrogen-bond donors (Lipinski definition) is 1. The normalized spacial score (nSPS) is 15.0. The van der Waals surface area contributed by atoms with Crippen LogP contribution in [-0.2, 0) is 15.8 Å². The van der Waals surface area contributed by atoms with Crippen molar-refractivity contribution >= 4 is 46.9 Å². The van der Waals surface area contributed by atoms with E-state index in [1.54, 1.807) is 26.0 Å². The third-order valence-corrected chi connectivity index (χ3v) is 5.83. The van der Waals surface area contributed by atoms with Gasteiger partial charge in [0.15, 0.2) is 0 Å². The summed E-state index contributed by atoms with van der Waals surface area (Å²) < 4.78 is 44.3. The minimum Gasteiger partial charge on any atom is -0.449 e. The zero-order chi connectivity index (χ0) is 28.6. The SMILES string of the molecule is Cc1cc(C)cc(N2C(=O)NC(=O)/C(=C\c3ccc(Oc4ccc(C(F)(F)F)cc4[N+](=O)[O-])c(Cl)c3)C2=O)c1. The summed E-state index contributed by atoms with van der Waals surface area (Å²) in [6, 6.07) is 9.84. The molecule has 0 bridgehead atoms. The van der Waals surface area contributed by atoms with Crippen molar-refractivity contribution in [2.24, 2.45) is 0 Å². The maximum absolute atomic E-state index is 13.1. The first-order valence-electron chi connectivity index (χ1n) is 11.1. The Kier molecular flexibility index (Phi) is 7.16. The zero-order valence-electron chi connectivity index (χ0n) is 20.1. The molecule has 200 valence electrons. The molecule has 39 heavy (non-hydrogen) atoms. The fourth-order valence-electron chi connectivity index (χ4n) is 3.87. The Morgan fingerprint density at radius 3 is 2.21 bits per heavy atom. The molecule has 1 fully saturated rings. The van der Waals surface area contributed by atoms with Crippen LogP contribution in [-0.4, -0.2) is 22.8 Å². The van der Waals surface area contributed by atoms with Gasteiger partial charge < -0.3 is 4.74 Å². The van der Waals surface area contributed by atoms with E-state index in [-0.39, 0.29) is 27.6 Å². The number of anilines is 1. The number of rotatable bonds is 5. The van der Waals surface area contributed by atoms with Gasteiger partial charge in [0.05, 0.1) is 21.2 Å². The number of alkyl halides is 3. The number of benzene rings is 3. The third-order valence-electron chi connectivity index (χ3n) is 5.54. The summed E-state index contributed by atoms with van der Waals surface area (Å²) in [5.41, 5.74) is -0.411. The van der Waals surface area contributed by atoms with Crippen LogP contribution in [0, 0.1) is 24.0 Å². The van der Waals surface area contributed by atoms with Gasteiger partial charge in [-0.3, -0.25) is 25.0 Å². The molecule has 1 heterocycles. The van der Waals surface area contributed by atoms with Crippen molar-refractivity contribution in [3.63, 3.8) is 0 Å². The Balaban J connectivity index is 1.64. The van der Waals surface area contributed by atoms with Crippen molar-refractivity contribution in [2.75, 3.05) is 4.90 Å². The lowest BCUT2D eigenvalue weighted by atomic mass is 10.1. The molecule has 0 aromatic heterocycles. The number of nitrogens with one attached hydrogen (secondary N) is 1. The molecule has 0 aliphatic carbocycles. The number of urea groups is 1. The maximum Gasteiger partial charge on any atom is 0.416 e. The van der Waals surface area contributed by atoms with Gasteiger partial charge in [-0.1, -0.05) is 23.7 Å². The first-order chi connectivity index (χ1) is 18.2. The van der Waals surface area contributed by atoms with E-state index in [1.165, 1.54) is 24.3 Å². The van der Waals surface area contributed by atoms with E-state index in [9.17, 15) is 37.7 Å². The van der Waals surface area contributed by atoms with Gasteiger partial charge in [0.25, 0.3) is 11.8 Å². The van der Waals surface area contributed by atoms with Crippen molar-refractivity contribution < 1.29 is 37.2 Å². The van der Waals surface area contributed by atoms with Crippen LogP contribution in [0.1, 0.15) is 22.3 Å². The highest BCUT2D eigenvalue weighted by atomic mass is 35.5. The summed E-state index contributed by atoms with van der Waals surface area (Å²) in [6.07, 6.45) is -3.60. The maximum atomic E-state index is 13.1. The van der Waals surface area contributed by atoms with Gasteiger partial charge in [-0.25, -0.2) is 9.69 Å². The second-order valence-corrected chi connectivity index (χ2v) is 8.94. The number of imide groups is 2. The molecule has 1 aliphatic heterocycles. The van der Waals surface area contributed by atoms with E-state index in [0.29, 0.717) is 12.1 Å². The summed E-state index contributed by atoms with van der Waals surface area (Å²) in [7, 11) is 0. The predicted octanol–water partition coefficient (Wildman–Crippen LogP) is 6.34. The highest BCUT2D eigenvalue weighted by Gasteiger charge is 2.37. The highest BCUT2D eigenvalue weighted by molar-refractivity contribution is 6.39. The lowest BCUT2D eigenvalue weighted by Crippen LogP contribution is -2.54. The summed E-state index contributed by atoms with van der Waals surface area (Å²) >= 11 is 6.23. The van der Waals surface area contributed by atoms with Crippen molar-refractivity contribution in [1.82, 2.24) is 5.32 Å². The standard InChI is InChI=1S/C26H17ClF3N3O6/c1-13-7-14(2)9-17(8-13)32-24(35)18(23(34)31-25(32)36)10-15-3-5-21(19(27)11-15)39-22-6-4-16(26(28,29)30)12-20(22)33(37)38/h3-12H,1-2H3,(H,31,34,36)/b18-10+. The first kappa shape index (κ1) is 27.3. The molecule has 4 amide bonds. The number of nitro groups is 1. The van der Waals surface area contributed by atoms with Gasteiger partial charge in [0, 0.05) is 6.07 Å². The smallest absolute Gasteiger partial charge is 0.416 e. The number of aryl methyl sites for hydroxylation is 2. The quantitative estimate of drug-likeness (QED) is 0.169. The number of nitro benzene ring substituents is 1. The number of carbonyl (C=O) groups excluding carboxylic acids is 3. The lowest BCUT2D eigenvalue weighted by molar-refractivity contribution is -0.385. The van der Waals surface area contributed by atoms with Crippen molar-refractivity contribution in [2.45, 2.75) is 20.0 Å². The molecule has 0 radical (unpaired) electrons. The van der Waals surface area contributed by atoms with Gasteiger partial charge in [-0.15, -0.1) is 0 Å². The largest absolute Gasteiger partial charge is 0.449 e. The number of hydrogen-bond acceptors (Lipinski definition) is 6. The number of halogens is 4. The van der Waals surface area contributed by atoms with Gasteiger partial charge in [-0.2, -0.15) is 13.2 Å². The second-order valence-electron chi connectivity index (χ2n) is 8.53. The van der Waals surface area contributed by atoms with Crippen LogP contribution in [0.25, 0.3) is 6.08 Å². The van der Waals surface area contributed by atoms with Gasteiger partial charge in [0.2, 0.25) is 5.75 Å². The monoisotopic (exact) mass is 559 g/mol. The zero-order valence-corrected chi connectivity index (χ0v) is 20.9. The Labute approximate surface area is 223 Å². The van der Waals surface area contributed by atoms with E-state index in [0.717, 1.165) is 22.1 Å². The molecule has 9 nitrogen and oxygen atoms in total. The van der Waals surface area contributed by atoms with E-state index in [1.807, 2.05) is 6.07 Å². The number of nitrogens with zero attached hydrogens (tertiary/aromatic N) is 2. The topological polar surface area (TPSA) is 119 Å². The van der Waals surface area contributed by atoms with Gasteiger partial charge in [0.1, 0.15) is 11.3 Å². The summed E-state index contributed by atoms with van der Waals surface area (Å²) in [5, 5.41) is 13.3. The third kappa shape index (κ3) is 5.75. The minimum absolute atomic E-state index is 0.121. The van der Waals surface area contributed by atoms with Gasteiger partial charge in [-0.05, 0) is 73.0 Å².